The molecule has 0 aromatic heterocycles. The maximum Gasteiger partial charge on any atom is 0.293 e. The van der Waals surface area contributed by atoms with E-state index in [-0.39, 0.29) is 17.7 Å². The van der Waals surface area contributed by atoms with Gasteiger partial charge in [0, 0.05) is 0 Å². The van der Waals surface area contributed by atoms with Gasteiger partial charge in [0.25, 0.3) is 11.1 Å². The van der Waals surface area contributed by atoms with Crippen LogP contribution in [0.25, 0.3) is 16.8 Å². The Morgan fingerprint density at radius 2 is 1.71 bits per heavy atom. The van der Waals surface area contributed by atoms with Gasteiger partial charge in [0.2, 0.25) is 0 Å². The predicted octanol–water partition coefficient (Wildman–Crippen LogP) is 8.02. The third kappa shape index (κ3) is 5.57. The Morgan fingerprint density at radius 1 is 0.947 bits per heavy atom. The zero-order valence-electron chi connectivity index (χ0n) is 21.1. The van der Waals surface area contributed by atoms with E-state index in [2.05, 4.69) is 0 Å². The van der Waals surface area contributed by atoms with Crippen LogP contribution in [0, 0.1) is 6.92 Å². The van der Waals surface area contributed by atoms with Gasteiger partial charge in [-0.3, -0.25) is 14.5 Å². The summed E-state index contributed by atoms with van der Waals surface area (Å²) in [5.41, 5.74) is 3.76. The Morgan fingerprint density at radius 3 is 2.50 bits per heavy atom. The zero-order chi connectivity index (χ0) is 26.6. The van der Waals surface area contributed by atoms with E-state index < -0.39 is 0 Å². The molecular formula is C31H26ClNO4S. The molecular weight excluding hydrogens is 518 g/mol. The Labute approximate surface area is 231 Å². The summed E-state index contributed by atoms with van der Waals surface area (Å²) in [6, 6.07) is 25.4. The first kappa shape index (κ1) is 25.9. The lowest BCUT2D eigenvalue weighted by Crippen LogP contribution is -2.27. The fourth-order valence-corrected chi connectivity index (χ4v) is 5.41. The SMILES string of the molecule is CCOc1cc(/C=C2/SC(=O)N(Cc3cccc4ccccc34)C2=O)cc(Cl)c1OCc1ccc(C)cc1. The van der Waals surface area contributed by atoms with Crippen molar-refractivity contribution in [3.63, 3.8) is 0 Å². The molecule has 0 bridgehead atoms. The first-order valence-corrected chi connectivity index (χ1v) is 13.5. The van der Waals surface area contributed by atoms with Crippen LogP contribution in [0.1, 0.15) is 29.2 Å². The fourth-order valence-electron chi connectivity index (χ4n) is 4.30. The number of aryl methyl sites for hydroxylation is 1. The molecule has 0 N–H and O–H groups in total. The van der Waals surface area contributed by atoms with Crippen molar-refractivity contribution in [1.29, 1.82) is 0 Å². The molecule has 0 spiro atoms. The number of hydrogen-bond donors (Lipinski definition) is 0. The predicted molar refractivity (Wildman–Crippen MR) is 154 cm³/mol. The molecule has 1 aliphatic rings. The summed E-state index contributed by atoms with van der Waals surface area (Å²) in [6.45, 7) is 4.88. The highest BCUT2D eigenvalue weighted by Crippen LogP contribution is 2.40. The van der Waals surface area contributed by atoms with Gasteiger partial charge in [-0.1, -0.05) is 83.9 Å². The molecule has 1 fully saturated rings. The van der Waals surface area contributed by atoms with Crippen molar-refractivity contribution in [2.24, 2.45) is 0 Å². The van der Waals surface area contributed by atoms with Crippen LogP contribution in [-0.2, 0) is 17.9 Å². The molecule has 5 rings (SSSR count). The van der Waals surface area contributed by atoms with Gasteiger partial charge in [0.15, 0.2) is 11.5 Å². The van der Waals surface area contributed by atoms with E-state index in [1.165, 1.54) is 10.5 Å². The van der Waals surface area contributed by atoms with Gasteiger partial charge in [0.05, 0.1) is 23.1 Å². The number of carbonyl (C=O) groups excluding carboxylic acids is 2. The van der Waals surface area contributed by atoms with E-state index in [9.17, 15) is 9.59 Å². The molecule has 1 heterocycles. The van der Waals surface area contributed by atoms with E-state index in [1.54, 1.807) is 18.2 Å². The molecule has 1 aliphatic heterocycles. The summed E-state index contributed by atoms with van der Waals surface area (Å²) in [5, 5.41) is 2.15. The van der Waals surface area contributed by atoms with Crippen LogP contribution in [0.5, 0.6) is 11.5 Å². The fraction of sp³-hybridized carbons (Fsp3) is 0.161. The molecule has 0 radical (unpaired) electrons. The lowest BCUT2D eigenvalue weighted by atomic mass is 10.0. The average Bonchev–Trinajstić information content (AvgIpc) is 3.17. The minimum absolute atomic E-state index is 0.208. The first-order valence-electron chi connectivity index (χ1n) is 12.3. The number of carbonyl (C=O) groups is 2. The lowest BCUT2D eigenvalue weighted by Gasteiger charge is -2.15. The number of halogens is 1. The summed E-state index contributed by atoms with van der Waals surface area (Å²) in [5.74, 6) is 0.588. The normalized spacial score (nSPS) is 14.5. The summed E-state index contributed by atoms with van der Waals surface area (Å²) in [4.78, 5) is 27.7. The Kier molecular flexibility index (Phi) is 7.72. The number of thioether (sulfide) groups is 1. The second-order valence-electron chi connectivity index (χ2n) is 8.94. The highest BCUT2D eigenvalue weighted by molar-refractivity contribution is 8.18. The Bertz CT molecular complexity index is 1540. The molecule has 1 saturated heterocycles. The van der Waals surface area contributed by atoms with E-state index in [0.29, 0.717) is 40.2 Å². The second-order valence-corrected chi connectivity index (χ2v) is 10.3. The van der Waals surface area contributed by atoms with Gasteiger partial charge in [-0.25, -0.2) is 0 Å². The minimum atomic E-state index is -0.332. The molecule has 192 valence electrons. The van der Waals surface area contributed by atoms with Crippen LogP contribution in [0.4, 0.5) is 4.79 Å². The second kappa shape index (κ2) is 11.3. The van der Waals surface area contributed by atoms with Crippen LogP contribution >= 0.6 is 23.4 Å². The summed E-state index contributed by atoms with van der Waals surface area (Å²) in [7, 11) is 0. The van der Waals surface area contributed by atoms with Gasteiger partial charge < -0.3 is 9.47 Å². The minimum Gasteiger partial charge on any atom is -0.490 e. The molecule has 38 heavy (non-hydrogen) atoms. The molecule has 2 amide bonds. The summed E-state index contributed by atoms with van der Waals surface area (Å²) >= 11 is 7.52. The van der Waals surface area contributed by atoms with Gasteiger partial charge in [0.1, 0.15) is 6.61 Å². The molecule has 0 saturated carbocycles. The van der Waals surface area contributed by atoms with Crippen molar-refractivity contribution in [3.05, 3.63) is 111 Å². The molecule has 7 heteroatoms. The van der Waals surface area contributed by atoms with Crippen molar-refractivity contribution >= 4 is 51.4 Å². The highest BCUT2D eigenvalue weighted by atomic mass is 35.5. The smallest absolute Gasteiger partial charge is 0.293 e. The van der Waals surface area contributed by atoms with Gasteiger partial charge in [-0.15, -0.1) is 0 Å². The van der Waals surface area contributed by atoms with E-state index in [1.807, 2.05) is 80.6 Å². The monoisotopic (exact) mass is 543 g/mol. The molecule has 4 aromatic rings. The van der Waals surface area contributed by atoms with E-state index >= 15 is 0 Å². The van der Waals surface area contributed by atoms with Crippen LogP contribution in [-0.4, -0.2) is 22.7 Å². The van der Waals surface area contributed by atoms with Gasteiger partial charge in [-0.05, 0) is 71.3 Å². The van der Waals surface area contributed by atoms with Crippen LogP contribution in [0.2, 0.25) is 5.02 Å². The van der Waals surface area contributed by atoms with E-state index in [4.69, 9.17) is 21.1 Å². The number of imide groups is 1. The third-order valence-electron chi connectivity index (χ3n) is 6.22. The van der Waals surface area contributed by atoms with Crippen molar-refractivity contribution in [2.45, 2.75) is 27.0 Å². The number of nitrogens with zero attached hydrogens (tertiary/aromatic N) is 1. The van der Waals surface area contributed by atoms with E-state index in [0.717, 1.165) is 33.7 Å². The Hall–Kier alpha value is -3.74. The number of fused-ring (bicyclic) bond motifs is 1. The summed E-state index contributed by atoms with van der Waals surface area (Å²) in [6.07, 6.45) is 1.67. The van der Waals surface area contributed by atoms with Gasteiger partial charge >= 0.3 is 0 Å². The van der Waals surface area contributed by atoms with Crippen LogP contribution in [0.15, 0.2) is 83.8 Å². The number of ether oxygens (including phenoxy) is 2. The largest absolute Gasteiger partial charge is 0.490 e. The van der Waals surface area contributed by atoms with Crippen molar-refractivity contribution in [2.75, 3.05) is 6.61 Å². The average molecular weight is 544 g/mol. The topological polar surface area (TPSA) is 55.8 Å². The number of hydrogen-bond acceptors (Lipinski definition) is 5. The molecule has 0 atom stereocenters. The number of amides is 2. The molecule has 0 aliphatic carbocycles. The van der Waals surface area contributed by atoms with Crippen molar-refractivity contribution in [1.82, 2.24) is 4.90 Å². The molecule has 5 nitrogen and oxygen atoms in total. The molecule has 0 unspecified atom stereocenters. The quantitative estimate of drug-likeness (QED) is 0.211. The zero-order valence-corrected chi connectivity index (χ0v) is 22.6. The standard InChI is InChI=1S/C31H26ClNO4S/c1-3-36-27-16-22(15-26(32)29(27)37-19-21-13-11-20(2)12-14-21)17-28-30(34)33(31(35)38-28)18-24-9-6-8-23-7-4-5-10-25(23)24/h4-17H,3,18-19H2,1-2H3/b28-17+. The number of rotatable bonds is 8. The van der Waals surface area contributed by atoms with Crippen LogP contribution < -0.4 is 9.47 Å². The van der Waals surface area contributed by atoms with Gasteiger partial charge in [-0.2, -0.15) is 0 Å². The summed E-state index contributed by atoms with van der Waals surface area (Å²) < 4.78 is 11.8. The first-order chi connectivity index (χ1) is 18.4. The molecule has 4 aromatic carbocycles. The number of benzene rings is 4. The van der Waals surface area contributed by atoms with Crippen LogP contribution in [0.3, 0.4) is 0 Å². The maximum absolute atomic E-state index is 13.2. The van der Waals surface area contributed by atoms with Crippen molar-refractivity contribution in [3.8, 4) is 11.5 Å². The maximum atomic E-state index is 13.2. The lowest BCUT2D eigenvalue weighted by molar-refractivity contribution is -0.123. The third-order valence-corrected chi connectivity index (χ3v) is 7.40. The Balaban J connectivity index is 1.38. The highest BCUT2D eigenvalue weighted by Gasteiger charge is 2.35. The van der Waals surface area contributed by atoms with Crippen molar-refractivity contribution < 1.29 is 19.1 Å².